The van der Waals surface area contributed by atoms with Crippen LogP contribution in [0.25, 0.3) is 11.1 Å². The minimum atomic E-state index is -2.75. The zero-order valence-corrected chi connectivity index (χ0v) is 20.2. The minimum Gasteiger partial charge on any atom is -0.372 e. The van der Waals surface area contributed by atoms with Gasteiger partial charge < -0.3 is 10.1 Å². The van der Waals surface area contributed by atoms with Crippen molar-refractivity contribution < 1.29 is 27.1 Å². The van der Waals surface area contributed by atoms with Crippen LogP contribution in [-0.4, -0.2) is 28.4 Å². The van der Waals surface area contributed by atoms with Gasteiger partial charge in [0.1, 0.15) is 11.6 Å². The van der Waals surface area contributed by atoms with Gasteiger partial charge in [-0.2, -0.15) is 0 Å². The van der Waals surface area contributed by atoms with Crippen LogP contribution in [-0.2, 0) is 4.74 Å². The average Bonchev–Trinajstić information content (AvgIpc) is 2.91. The molecule has 1 amide bonds. The number of amides is 1. The van der Waals surface area contributed by atoms with Gasteiger partial charge in [0.25, 0.3) is 5.91 Å². The number of nitrogens with zero attached hydrogens (tertiary/aromatic N) is 2. The van der Waals surface area contributed by atoms with Crippen molar-refractivity contribution in [3.05, 3.63) is 77.4 Å². The largest absolute Gasteiger partial charge is 0.372 e. The number of hydrogen-bond donors (Lipinski definition) is 1. The van der Waals surface area contributed by atoms with Gasteiger partial charge in [-0.05, 0) is 68.5 Å². The molecule has 1 aliphatic carbocycles. The summed E-state index contributed by atoms with van der Waals surface area (Å²) < 4.78 is 62.3. The number of ether oxygens (including phenoxy) is 1. The molecule has 2 aliphatic rings. The van der Waals surface area contributed by atoms with Crippen LogP contribution in [0.3, 0.4) is 0 Å². The summed E-state index contributed by atoms with van der Waals surface area (Å²) in [4.78, 5) is 22.1. The predicted octanol–water partition coefficient (Wildman–Crippen LogP) is 7.21. The van der Waals surface area contributed by atoms with Crippen LogP contribution in [0.1, 0.15) is 78.7 Å². The first-order valence-electron chi connectivity index (χ1n) is 12.5. The third-order valence-electron chi connectivity index (χ3n) is 7.10. The Hall–Kier alpha value is -3.33. The smallest absolute Gasteiger partial charge is 0.257 e. The lowest BCUT2D eigenvalue weighted by Gasteiger charge is -2.29. The van der Waals surface area contributed by atoms with Crippen molar-refractivity contribution in [1.82, 2.24) is 9.97 Å². The van der Waals surface area contributed by atoms with Gasteiger partial charge in [0.15, 0.2) is 0 Å². The molecular weight excluding hydrogens is 486 g/mol. The number of halogens is 4. The molecule has 1 atom stereocenters. The Kier molecular flexibility index (Phi) is 7.24. The second kappa shape index (κ2) is 10.6. The lowest BCUT2D eigenvalue weighted by molar-refractivity contribution is -0.0384. The quantitative estimate of drug-likeness (QED) is 0.366. The Morgan fingerprint density at radius 3 is 2.49 bits per heavy atom. The number of carbonyl (C=O) groups excluding carboxylic acids is 1. The molecule has 1 N–H and O–H groups in total. The Labute approximate surface area is 212 Å². The summed E-state index contributed by atoms with van der Waals surface area (Å²) in [5, 5.41) is 2.81. The summed E-state index contributed by atoms with van der Waals surface area (Å²) in [5.74, 6) is -4.95. The maximum atomic E-state index is 14.8. The molecule has 37 heavy (non-hydrogen) atoms. The Morgan fingerprint density at radius 1 is 0.973 bits per heavy atom. The van der Waals surface area contributed by atoms with Crippen molar-refractivity contribution in [3.63, 3.8) is 0 Å². The summed E-state index contributed by atoms with van der Waals surface area (Å²) in [6.07, 6.45) is 5.40. The van der Waals surface area contributed by atoms with Crippen molar-refractivity contribution in [2.75, 3.05) is 11.9 Å². The highest BCUT2D eigenvalue weighted by atomic mass is 19.3. The van der Waals surface area contributed by atoms with E-state index in [1.807, 2.05) is 0 Å². The highest BCUT2D eigenvalue weighted by Crippen LogP contribution is 2.44. The van der Waals surface area contributed by atoms with E-state index in [2.05, 4.69) is 15.3 Å². The molecule has 0 spiro atoms. The molecule has 9 heteroatoms. The monoisotopic (exact) mass is 513 g/mol. The number of rotatable bonds is 5. The predicted molar refractivity (Wildman–Crippen MR) is 130 cm³/mol. The lowest BCUT2D eigenvalue weighted by Crippen LogP contribution is -2.25. The molecule has 5 rings (SSSR count). The van der Waals surface area contributed by atoms with Crippen LogP contribution < -0.4 is 5.32 Å². The van der Waals surface area contributed by atoms with E-state index < -0.39 is 23.5 Å². The van der Waals surface area contributed by atoms with Crippen molar-refractivity contribution in [2.24, 2.45) is 0 Å². The molecule has 194 valence electrons. The standard InChI is InChI=1S/C28H27F4N3O2/c29-19-5-6-22(30)21(15-19)20-10-13-33-25(17-8-11-28(31,32)12-9-17)26(20)35-27(36)18-4-7-23(34-16-18)24-3-1-2-14-37-24/h4-7,10,13,15-17,24H,1-3,8-9,11-12,14H2,(H,35,36)/t24-/m1/s1. The van der Waals surface area contributed by atoms with E-state index in [0.29, 0.717) is 12.3 Å². The molecule has 3 heterocycles. The maximum Gasteiger partial charge on any atom is 0.257 e. The van der Waals surface area contributed by atoms with Gasteiger partial charge in [0.05, 0.1) is 28.7 Å². The molecule has 1 aliphatic heterocycles. The van der Waals surface area contributed by atoms with Crippen molar-refractivity contribution >= 4 is 11.6 Å². The highest BCUT2D eigenvalue weighted by Gasteiger charge is 2.37. The Balaban J connectivity index is 1.48. The first-order valence-corrected chi connectivity index (χ1v) is 12.5. The summed E-state index contributed by atoms with van der Waals surface area (Å²) in [6, 6.07) is 7.91. The second-order valence-electron chi connectivity index (χ2n) is 9.65. The molecule has 2 aromatic heterocycles. The summed E-state index contributed by atoms with van der Waals surface area (Å²) in [6.45, 7) is 0.672. The molecule has 0 radical (unpaired) electrons. The van der Waals surface area contributed by atoms with Gasteiger partial charge in [-0.3, -0.25) is 14.8 Å². The van der Waals surface area contributed by atoms with Gasteiger partial charge in [0, 0.05) is 48.9 Å². The molecule has 1 saturated carbocycles. The van der Waals surface area contributed by atoms with E-state index >= 15 is 0 Å². The molecule has 1 saturated heterocycles. The molecular formula is C28H27F4N3O2. The zero-order valence-electron chi connectivity index (χ0n) is 20.2. The third kappa shape index (κ3) is 5.66. The van der Waals surface area contributed by atoms with Crippen LogP contribution in [0.4, 0.5) is 23.2 Å². The number of alkyl halides is 2. The topological polar surface area (TPSA) is 64.1 Å². The fourth-order valence-corrected chi connectivity index (χ4v) is 5.05. The van der Waals surface area contributed by atoms with E-state index in [1.54, 1.807) is 12.1 Å². The first-order chi connectivity index (χ1) is 17.8. The van der Waals surface area contributed by atoms with Crippen LogP contribution in [0.5, 0.6) is 0 Å². The van der Waals surface area contributed by atoms with E-state index in [1.165, 1.54) is 18.5 Å². The zero-order chi connectivity index (χ0) is 26.0. The minimum absolute atomic E-state index is 0.0528. The molecule has 0 bridgehead atoms. The normalized spacial score (nSPS) is 19.9. The second-order valence-corrected chi connectivity index (χ2v) is 9.65. The molecule has 5 nitrogen and oxygen atoms in total. The van der Waals surface area contributed by atoms with Crippen LogP contribution in [0, 0.1) is 11.6 Å². The maximum absolute atomic E-state index is 14.8. The fourth-order valence-electron chi connectivity index (χ4n) is 5.05. The van der Waals surface area contributed by atoms with E-state index in [-0.39, 0.29) is 60.1 Å². The average molecular weight is 514 g/mol. The Morgan fingerprint density at radius 2 is 1.78 bits per heavy atom. The van der Waals surface area contributed by atoms with Gasteiger partial charge >= 0.3 is 0 Å². The number of anilines is 1. The van der Waals surface area contributed by atoms with Crippen LogP contribution in [0.15, 0.2) is 48.8 Å². The van der Waals surface area contributed by atoms with Gasteiger partial charge in [-0.25, -0.2) is 17.6 Å². The van der Waals surface area contributed by atoms with Crippen molar-refractivity contribution in [1.29, 1.82) is 0 Å². The summed E-state index contributed by atoms with van der Waals surface area (Å²) in [7, 11) is 0. The third-order valence-corrected chi connectivity index (χ3v) is 7.10. The van der Waals surface area contributed by atoms with Gasteiger partial charge in [0.2, 0.25) is 5.92 Å². The number of aromatic nitrogens is 2. The summed E-state index contributed by atoms with van der Waals surface area (Å²) in [5.41, 5.74) is 1.74. The van der Waals surface area contributed by atoms with Crippen LogP contribution in [0.2, 0.25) is 0 Å². The van der Waals surface area contributed by atoms with Crippen LogP contribution >= 0.6 is 0 Å². The molecule has 3 aromatic rings. The SMILES string of the molecule is O=C(Nc1c(-c2cc(F)ccc2F)ccnc1C1CCC(F)(F)CC1)c1ccc([C@H]2CCCCO2)nc1. The lowest BCUT2D eigenvalue weighted by atomic mass is 9.83. The number of nitrogens with one attached hydrogen (secondary N) is 1. The Bertz CT molecular complexity index is 1270. The number of pyridine rings is 2. The highest BCUT2D eigenvalue weighted by molar-refractivity contribution is 6.06. The van der Waals surface area contributed by atoms with E-state index in [4.69, 9.17) is 4.74 Å². The van der Waals surface area contributed by atoms with Crippen molar-refractivity contribution in [2.45, 2.75) is 62.9 Å². The first kappa shape index (κ1) is 25.3. The number of benzene rings is 1. The van der Waals surface area contributed by atoms with Gasteiger partial charge in [-0.1, -0.05) is 0 Å². The fraction of sp³-hybridized carbons (Fsp3) is 0.393. The molecule has 0 unspecified atom stereocenters. The number of carbonyl (C=O) groups is 1. The van der Waals surface area contributed by atoms with E-state index in [9.17, 15) is 22.4 Å². The molecule has 2 fully saturated rings. The van der Waals surface area contributed by atoms with Crippen molar-refractivity contribution in [3.8, 4) is 11.1 Å². The van der Waals surface area contributed by atoms with Gasteiger partial charge in [-0.15, -0.1) is 0 Å². The van der Waals surface area contributed by atoms with E-state index in [0.717, 1.165) is 43.2 Å². The molecule has 1 aromatic carbocycles. The summed E-state index contributed by atoms with van der Waals surface area (Å²) >= 11 is 0. The number of hydrogen-bond acceptors (Lipinski definition) is 4.